The lowest BCUT2D eigenvalue weighted by molar-refractivity contribution is -0.132. The number of rotatable bonds is 2. The van der Waals surface area contributed by atoms with Gasteiger partial charge in [-0.2, -0.15) is 0 Å². The van der Waals surface area contributed by atoms with Crippen LogP contribution >= 0.6 is 0 Å². The number of hydrogen-bond donors (Lipinski definition) is 2. The lowest BCUT2D eigenvalue weighted by atomic mass is 9.74. The van der Waals surface area contributed by atoms with E-state index in [1.165, 1.54) is 0 Å². The molecule has 102 valence electrons. The monoisotopic (exact) mass is 262 g/mol. The third-order valence-electron chi connectivity index (χ3n) is 3.38. The SMILES string of the molecule is CC(C)(C)C1CNC(=O)C1C(=O)Nc1ncccn1. The summed E-state index contributed by atoms with van der Waals surface area (Å²) in [6.45, 7) is 6.60. The molecule has 0 spiro atoms. The Bertz CT molecular complexity index is 481. The summed E-state index contributed by atoms with van der Waals surface area (Å²) in [6.07, 6.45) is 3.08. The molecule has 0 saturated carbocycles. The highest BCUT2D eigenvalue weighted by atomic mass is 16.2. The Balaban J connectivity index is 2.15. The van der Waals surface area contributed by atoms with E-state index in [4.69, 9.17) is 0 Å². The molecule has 1 aromatic heterocycles. The number of aromatic nitrogens is 2. The quantitative estimate of drug-likeness (QED) is 0.773. The maximum Gasteiger partial charge on any atom is 0.239 e. The number of amides is 2. The van der Waals surface area contributed by atoms with Crippen LogP contribution in [0.25, 0.3) is 0 Å². The molecule has 0 bridgehead atoms. The molecule has 1 aliphatic heterocycles. The van der Waals surface area contributed by atoms with Gasteiger partial charge in [-0.1, -0.05) is 20.8 Å². The molecule has 19 heavy (non-hydrogen) atoms. The fourth-order valence-electron chi connectivity index (χ4n) is 2.28. The minimum absolute atomic E-state index is 0.0382. The van der Waals surface area contributed by atoms with Crippen LogP contribution in [0.3, 0.4) is 0 Å². The summed E-state index contributed by atoms with van der Waals surface area (Å²) in [6, 6.07) is 1.66. The van der Waals surface area contributed by atoms with Crippen molar-refractivity contribution in [3.8, 4) is 0 Å². The van der Waals surface area contributed by atoms with Crippen molar-refractivity contribution < 1.29 is 9.59 Å². The molecule has 0 radical (unpaired) electrons. The first-order chi connectivity index (χ1) is 8.89. The summed E-state index contributed by atoms with van der Waals surface area (Å²) in [5, 5.41) is 5.35. The van der Waals surface area contributed by atoms with Crippen LogP contribution in [0.5, 0.6) is 0 Å². The number of nitrogens with one attached hydrogen (secondary N) is 2. The van der Waals surface area contributed by atoms with E-state index in [0.717, 1.165) is 0 Å². The van der Waals surface area contributed by atoms with Crippen LogP contribution in [-0.2, 0) is 9.59 Å². The third kappa shape index (κ3) is 2.89. The summed E-state index contributed by atoms with van der Waals surface area (Å²) >= 11 is 0. The maximum atomic E-state index is 12.2. The van der Waals surface area contributed by atoms with Crippen LogP contribution in [0.15, 0.2) is 18.5 Å². The van der Waals surface area contributed by atoms with Gasteiger partial charge in [-0.05, 0) is 11.5 Å². The molecule has 1 saturated heterocycles. The van der Waals surface area contributed by atoms with Gasteiger partial charge in [0, 0.05) is 24.9 Å². The molecule has 2 heterocycles. The van der Waals surface area contributed by atoms with E-state index >= 15 is 0 Å². The zero-order valence-electron chi connectivity index (χ0n) is 11.3. The minimum Gasteiger partial charge on any atom is -0.355 e. The van der Waals surface area contributed by atoms with Gasteiger partial charge in [0.2, 0.25) is 17.8 Å². The van der Waals surface area contributed by atoms with Crippen molar-refractivity contribution in [2.24, 2.45) is 17.3 Å². The van der Waals surface area contributed by atoms with E-state index in [1.807, 2.05) is 20.8 Å². The van der Waals surface area contributed by atoms with Crippen molar-refractivity contribution in [3.05, 3.63) is 18.5 Å². The number of anilines is 1. The molecule has 1 aliphatic rings. The zero-order chi connectivity index (χ0) is 14.0. The average Bonchev–Trinajstić information content (AvgIpc) is 2.72. The smallest absolute Gasteiger partial charge is 0.239 e. The van der Waals surface area contributed by atoms with E-state index < -0.39 is 5.92 Å². The van der Waals surface area contributed by atoms with E-state index in [2.05, 4.69) is 20.6 Å². The van der Waals surface area contributed by atoms with Gasteiger partial charge < -0.3 is 5.32 Å². The van der Waals surface area contributed by atoms with E-state index in [0.29, 0.717) is 6.54 Å². The maximum absolute atomic E-state index is 12.2. The van der Waals surface area contributed by atoms with Gasteiger partial charge in [-0.15, -0.1) is 0 Å². The Labute approximate surface area is 112 Å². The van der Waals surface area contributed by atoms with Gasteiger partial charge in [0.05, 0.1) is 0 Å². The molecule has 0 aromatic carbocycles. The van der Waals surface area contributed by atoms with Crippen LogP contribution in [0, 0.1) is 17.3 Å². The van der Waals surface area contributed by atoms with Crippen molar-refractivity contribution in [1.82, 2.24) is 15.3 Å². The first-order valence-corrected chi connectivity index (χ1v) is 6.25. The summed E-state index contributed by atoms with van der Waals surface area (Å²) in [4.78, 5) is 31.9. The Morgan fingerprint density at radius 2 is 2.00 bits per heavy atom. The molecule has 2 N–H and O–H groups in total. The number of hydrogen-bond acceptors (Lipinski definition) is 4. The fraction of sp³-hybridized carbons (Fsp3) is 0.538. The zero-order valence-corrected chi connectivity index (χ0v) is 11.3. The molecule has 2 rings (SSSR count). The van der Waals surface area contributed by atoms with E-state index in [1.54, 1.807) is 18.5 Å². The molecular formula is C13H18N4O2. The van der Waals surface area contributed by atoms with Gasteiger partial charge in [-0.3, -0.25) is 14.9 Å². The van der Waals surface area contributed by atoms with Crippen molar-refractivity contribution in [3.63, 3.8) is 0 Å². The Morgan fingerprint density at radius 1 is 1.37 bits per heavy atom. The van der Waals surface area contributed by atoms with Gasteiger partial charge in [0.1, 0.15) is 5.92 Å². The second kappa shape index (κ2) is 4.95. The molecule has 6 heteroatoms. The van der Waals surface area contributed by atoms with Crippen LogP contribution in [0.4, 0.5) is 5.95 Å². The highest BCUT2D eigenvalue weighted by Crippen LogP contribution is 2.35. The van der Waals surface area contributed by atoms with Crippen molar-refractivity contribution >= 4 is 17.8 Å². The minimum atomic E-state index is -0.691. The first-order valence-electron chi connectivity index (χ1n) is 6.25. The highest BCUT2D eigenvalue weighted by Gasteiger charge is 2.45. The predicted octanol–water partition coefficient (Wildman–Crippen LogP) is 0.823. The van der Waals surface area contributed by atoms with Gasteiger partial charge in [0.15, 0.2) is 0 Å². The van der Waals surface area contributed by atoms with E-state index in [-0.39, 0.29) is 29.1 Å². The van der Waals surface area contributed by atoms with Crippen molar-refractivity contribution in [2.75, 3.05) is 11.9 Å². The summed E-state index contributed by atoms with van der Waals surface area (Å²) < 4.78 is 0. The number of nitrogens with zero attached hydrogens (tertiary/aromatic N) is 2. The fourth-order valence-corrected chi connectivity index (χ4v) is 2.28. The standard InChI is InChI=1S/C13H18N4O2/c1-13(2,3)8-7-16-10(18)9(8)11(19)17-12-14-5-4-6-15-12/h4-6,8-9H,7H2,1-3H3,(H,16,18)(H,14,15,17,19). The Hall–Kier alpha value is -1.98. The van der Waals surface area contributed by atoms with Crippen LogP contribution in [-0.4, -0.2) is 28.3 Å². The normalized spacial score (nSPS) is 23.0. The first kappa shape index (κ1) is 13.5. The summed E-state index contributed by atoms with van der Waals surface area (Å²) in [5.74, 6) is -1.08. The predicted molar refractivity (Wildman–Crippen MR) is 70.1 cm³/mol. The second-order valence-corrected chi connectivity index (χ2v) is 5.76. The summed E-state index contributed by atoms with van der Waals surface area (Å²) in [7, 11) is 0. The molecule has 0 aliphatic carbocycles. The lowest BCUT2D eigenvalue weighted by Crippen LogP contribution is -2.37. The van der Waals surface area contributed by atoms with Crippen molar-refractivity contribution in [2.45, 2.75) is 20.8 Å². The number of carbonyl (C=O) groups is 2. The third-order valence-corrected chi connectivity index (χ3v) is 3.38. The van der Waals surface area contributed by atoms with Gasteiger partial charge in [-0.25, -0.2) is 9.97 Å². The van der Waals surface area contributed by atoms with Crippen LogP contribution < -0.4 is 10.6 Å². The molecule has 1 aromatic rings. The molecule has 2 unspecified atom stereocenters. The topological polar surface area (TPSA) is 84.0 Å². The average molecular weight is 262 g/mol. The van der Waals surface area contributed by atoms with E-state index in [9.17, 15) is 9.59 Å². The van der Waals surface area contributed by atoms with Crippen molar-refractivity contribution in [1.29, 1.82) is 0 Å². The second-order valence-electron chi connectivity index (χ2n) is 5.76. The summed E-state index contributed by atoms with van der Waals surface area (Å²) in [5.41, 5.74) is -0.126. The molecule has 6 nitrogen and oxygen atoms in total. The van der Waals surface area contributed by atoms with Crippen LogP contribution in [0.1, 0.15) is 20.8 Å². The highest BCUT2D eigenvalue weighted by molar-refractivity contribution is 6.07. The number of carbonyl (C=O) groups excluding carboxylic acids is 2. The molecule has 2 atom stereocenters. The van der Waals surface area contributed by atoms with Gasteiger partial charge >= 0.3 is 0 Å². The van der Waals surface area contributed by atoms with Gasteiger partial charge in [0.25, 0.3) is 0 Å². The van der Waals surface area contributed by atoms with Crippen LogP contribution in [0.2, 0.25) is 0 Å². The molecule has 2 amide bonds. The Morgan fingerprint density at radius 3 is 2.58 bits per heavy atom. The molecular weight excluding hydrogens is 244 g/mol. The lowest BCUT2D eigenvalue weighted by Gasteiger charge is -2.29. The molecule has 1 fully saturated rings. The largest absolute Gasteiger partial charge is 0.355 e. The Kier molecular flexibility index (Phi) is 3.50.